The van der Waals surface area contributed by atoms with Crippen LogP contribution >= 0.6 is 11.3 Å². The van der Waals surface area contributed by atoms with E-state index in [9.17, 15) is 0 Å². The Balaban J connectivity index is 2.77. The fourth-order valence-corrected chi connectivity index (χ4v) is 3.12. The van der Waals surface area contributed by atoms with E-state index in [1.54, 1.807) is 11.3 Å². The lowest BCUT2D eigenvalue weighted by Gasteiger charge is -2.15. The van der Waals surface area contributed by atoms with Crippen molar-refractivity contribution in [3.63, 3.8) is 0 Å². The summed E-state index contributed by atoms with van der Waals surface area (Å²) in [5.41, 5.74) is 1.48. The molecule has 1 rings (SSSR count). The van der Waals surface area contributed by atoms with Crippen molar-refractivity contribution in [2.45, 2.75) is 51.9 Å². The van der Waals surface area contributed by atoms with E-state index in [0.717, 1.165) is 0 Å². The number of aliphatic hydroxyl groups is 1. The van der Waals surface area contributed by atoms with Gasteiger partial charge in [0, 0.05) is 4.88 Å². The van der Waals surface area contributed by atoms with Gasteiger partial charge in [0.1, 0.15) is 0 Å². The molecular weight excluding hydrogens is 228 g/mol. The molecule has 1 N–H and O–H groups in total. The molecule has 0 aliphatic carbocycles. The van der Waals surface area contributed by atoms with Gasteiger partial charge in [0.2, 0.25) is 0 Å². The van der Waals surface area contributed by atoms with Gasteiger partial charge in [-0.1, -0.05) is 39.2 Å². The Morgan fingerprint density at radius 2 is 2.12 bits per heavy atom. The third-order valence-electron chi connectivity index (χ3n) is 3.08. The Labute approximate surface area is 109 Å². The summed E-state index contributed by atoms with van der Waals surface area (Å²) in [5, 5.41) is 11.0. The number of unbranched alkanes of at least 4 members (excludes halogenated alkanes) is 1. The van der Waals surface area contributed by atoms with Crippen LogP contribution in [0.25, 0.3) is 6.08 Å². The molecule has 1 atom stereocenters. The summed E-state index contributed by atoms with van der Waals surface area (Å²) in [6.45, 7) is 4.64. The summed E-state index contributed by atoms with van der Waals surface area (Å²) in [7, 11) is 0. The number of rotatable bonds is 8. The quantitative estimate of drug-likeness (QED) is 0.702. The van der Waals surface area contributed by atoms with Crippen molar-refractivity contribution in [1.82, 2.24) is 0 Å². The standard InChI is InChI=1S/C15H24OS/c1-3-5-8-13(7-4-2)14-10-12-17-15(14)9-6-11-16/h6,9-10,12-13,16H,3-5,7-8,11H2,1-2H3. The highest BCUT2D eigenvalue weighted by Gasteiger charge is 2.14. The first-order valence-corrected chi connectivity index (χ1v) is 7.56. The summed E-state index contributed by atoms with van der Waals surface area (Å²) < 4.78 is 0. The van der Waals surface area contributed by atoms with Crippen molar-refractivity contribution in [3.05, 3.63) is 28.0 Å². The molecule has 0 aliphatic heterocycles. The monoisotopic (exact) mass is 252 g/mol. The average molecular weight is 252 g/mol. The molecule has 1 nitrogen and oxygen atoms in total. The molecule has 0 aliphatic rings. The van der Waals surface area contributed by atoms with Crippen molar-refractivity contribution >= 4 is 17.4 Å². The predicted molar refractivity (Wildman–Crippen MR) is 77.6 cm³/mol. The van der Waals surface area contributed by atoms with Crippen LogP contribution in [0.5, 0.6) is 0 Å². The zero-order valence-electron chi connectivity index (χ0n) is 11.0. The van der Waals surface area contributed by atoms with Crippen molar-refractivity contribution in [2.24, 2.45) is 0 Å². The third kappa shape index (κ3) is 4.64. The molecule has 1 aromatic rings. The Bertz CT molecular complexity index is 327. The topological polar surface area (TPSA) is 20.2 Å². The summed E-state index contributed by atoms with van der Waals surface area (Å²) in [6, 6.07) is 2.26. The van der Waals surface area contributed by atoms with E-state index in [0.29, 0.717) is 5.92 Å². The molecular formula is C15H24OS. The summed E-state index contributed by atoms with van der Waals surface area (Å²) in [4.78, 5) is 1.33. The maximum atomic E-state index is 8.86. The SMILES string of the molecule is CCCCC(CCC)c1ccsc1C=CCO. The second kappa shape index (κ2) is 8.48. The van der Waals surface area contributed by atoms with E-state index in [1.165, 1.54) is 42.5 Å². The Morgan fingerprint density at radius 1 is 1.29 bits per heavy atom. The molecule has 1 aromatic heterocycles. The molecule has 2 heteroatoms. The summed E-state index contributed by atoms with van der Waals surface area (Å²) >= 11 is 1.78. The molecule has 0 saturated heterocycles. The highest BCUT2D eigenvalue weighted by molar-refractivity contribution is 7.11. The molecule has 96 valence electrons. The highest BCUT2D eigenvalue weighted by atomic mass is 32.1. The van der Waals surface area contributed by atoms with Crippen LogP contribution in [-0.2, 0) is 0 Å². The smallest absolute Gasteiger partial charge is 0.0615 e. The molecule has 1 heterocycles. The average Bonchev–Trinajstić information content (AvgIpc) is 2.80. The van der Waals surface area contributed by atoms with Gasteiger partial charge in [0.25, 0.3) is 0 Å². The van der Waals surface area contributed by atoms with E-state index in [2.05, 4.69) is 31.4 Å². The van der Waals surface area contributed by atoms with Crippen LogP contribution in [-0.4, -0.2) is 11.7 Å². The van der Waals surface area contributed by atoms with Gasteiger partial charge in [0.15, 0.2) is 0 Å². The number of aliphatic hydroxyl groups excluding tert-OH is 1. The first-order chi connectivity index (χ1) is 8.33. The van der Waals surface area contributed by atoms with Gasteiger partial charge >= 0.3 is 0 Å². The molecule has 0 aromatic carbocycles. The fourth-order valence-electron chi connectivity index (χ4n) is 2.22. The van der Waals surface area contributed by atoms with Gasteiger partial charge in [0.05, 0.1) is 6.61 Å². The van der Waals surface area contributed by atoms with Crippen LogP contribution in [0.15, 0.2) is 17.5 Å². The second-order valence-electron chi connectivity index (χ2n) is 4.45. The molecule has 0 amide bonds. The van der Waals surface area contributed by atoms with Crippen LogP contribution in [0.1, 0.15) is 62.3 Å². The maximum Gasteiger partial charge on any atom is 0.0615 e. The Kier molecular flexibility index (Phi) is 7.22. The molecule has 1 unspecified atom stereocenters. The normalized spacial score (nSPS) is 13.4. The second-order valence-corrected chi connectivity index (χ2v) is 5.40. The van der Waals surface area contributed by atoms with E-state index in [4.69, 9.17) is 5.11 Å². The van der Waals surface area contributed by atoms with Crippen molar-refractivity contribution in [3.8, 4) is 0 Å². The third-order valence-corrected chi connectivity index (χ3v) is 3.98. The first-order valence-electron chi connectivity index (χ1n) is 6.68. The fraction of sp³-hybridized carbons (Fsp3) is 0.600. The van der Waals surface area contributed by atoms with E-state index in [1.807, 2.05) is 6.08 Å². The lowest BCUT2D eigenvalue weighted by molar-refractivity contribution is 0.343. The molecule has 0 bridgehead atoms. The van der Waals surface area contributed by atoms with Crippen molar-refractivity contribution in [2.75, 3.05) is 6.61 Å². The minimum absolute atomic E-state index is 0.130. The molecule has 0 fully saturated rings. The molecule has 0 saturated carbocycles. The minimum Gasteiger partial charge on any atom is -0.392 e. The van der Waals surface area contributed by atoms with E-state index >= 15 is 0 Å². The first kappa shape index (κ1) is 14.5. The molecule has 0 radical (unpaired) electrons. The minimum atomic E-state index is 0.130. The van der Waals surface area contributed by atoms with Crippen LogP contribution in [0, 0.1) is 0 Å². The Morgan fingerprint density at radius 3 is 2.76 bits per heavy atom. The Hall–Kier alpha value is -0.600. The lowest BCUT2D eigenvalue weighted by Crippen LogP contribution is -1.98. The van der Waals surface area contributed by atoms with Crippen molar-refractivity contribution < 1.29 is 5.11 Å². The zero-order chi connectivity index (χ0) is 12.5. The van der Waals surface area contributed by atoms with E-state index < -0.39 is 0 Å². The van der Waals surface area contributed by atoms with Crippen LogP contribution < -0.4 is 0 Å². The predicted octanol–water partition coefficient (Wildman–Crippen LogP) is 4.83. The highest BCUT2D eigenvalue weighted by Crippen LogP contribution is 2.33. The van der Waals surface area contributed by atoms with Gasteiger partial charge in [-0.3, -0.25) is 0 Å². The van der Waals surface area contributed by atoms with Gasteiger partial charge in [-0.25, -0.2) is 0 Å². The summed E-state index contributed by atoms with van der Waals surface area (Å²) in [5.74, 6) is 0.699. The van der Waals surface area contributed by atoms with Gasteiger partial charge in [-0.2, -0.15) is 0 Å². The maximum absolute atomic E-state index is 8.86. The zero-order valence-corrected chi connectivity index (χ0v) is 11.8. The number of hydrogen-bond donors (Lipinski definition) is 1. The molecule has 17 heavy (non-hydrogen) atoms. The van der Waals surface area contributed by atoms with Gasteiger partial charge in [-0.15, -0.1) is 11.3 Å². The van der Waals surface area contributed by atoms with Crippen LogP contribution in [0.2, 0.25) is 0 Å². The number of hydrogen-bond acceptors (Lipinski definition) is 2. The van der Waals surface area contributed by atoms with Crippen LogP contribution in [0.3, 0.4) is 0 Å². The van der Waals surface area contributed by atoms with Gasteiger partial charge in [-0.05, 0) is 41.8 Å². The van der Waals surface area contributed by atoms with E-state index in [-0.39, 0.29) is 6.61 Å². The largest absolute Gasteiger partial charge is 0.392 e. The number of thiophene rings is 1. The van der Waals surface area contributed by atoms with Gasteiger partial charge < -0.3 is 5.11 Å². The van der Waals surface area contributed by atoms with Crippen molar-refractivity contribution in [1.29, 1.82) is 0 Å². The van der Waals surface area contributed by atoms with Crippen LogP contribution in [0.4, 0.5) is 0 Å². The summed E-state index contributed by atoms with van der Waals surface area (Å²) in [6.07, 6.45) is 10.3. The molecule has 0 spiro atoms. The lowest BCUT2D eigenvalue weighted by atomic mass is 9.90.